The molecule has 4 atom stereocenters. The van der Waals surface area contributed by atoms with Crippen LogP contribution >= 0.6 is 67.8 Å². The lowest BCUT2D eigenvalue weighted by atomic mass is 9.90. The number of hydrogen-bond acceptors (Lipinski definition) is 7. The Morgan fingerprint density at radius 3 is 2.47 bits per heavy atom. The average Bonchev–Trinajstić information content (AvgIpc) is 3.15. The van der Waals surface area contributed by atoms with E-state index in [9.17, 15) is 26.8 Å². The fourth-order valence-corrected chi connectivity index (χ4v) is 6.88. The van der Waals surface area contributed by atoms with Gasteiger partial charge in [-0.1, -0.05) is 0 Å². The number of rotatable bonds is 3. The lowest BCUT2D eigenvalue weighted by molar-refractivity contribution is -0.203. The second-order valence-electron chi connectivity index (χ2n) is 7.23. The fourth-order valence-electron chi connectivity index (χ4n) is 4.16. The summed E-state index contributed by atoms with van der Waals surface area (Å²) in [6.45, 7) is 0. The second kappa shape index (κ2) is 7.47. The number of alkyl halides is 2. The van der Waals surface area contributed by atoms with Gasteiger partial charge < -0.3 is 14.2 Å². The maximum atomic E-state index is 13.5. The molecule has 1 heterocycles. The van der Waals surface area contributed by atoms with Gasteiger partial charge in [0.25, 0.3) is 5.79 Å². The van der Waals surface area contributed by atoms with E-state index in [-0.39, 0.29) is 12.8 Å². The van der Waals surface area contributed by atoms with Crippen LogP contribution in [0.2, 0.25) is 0 Å². The van der Waals surface area contributed by atoms with Gasteiger partial charge in [0.1, 0.15) is 11.7 Å². The third kappa shape index (κ3) is 3.51. The normalized spacial score (nSPS) is 30.1. The Balaban J connectivity index is 1.56. The number of fused-ring (bicyclic) bond motifs is 4. The molecule has 0 radical (unpaired) electrons. The molecule has 3 aliphatic rings. The molecule has 2 aliphatic carbocycles. The first kappa shape index (κ1) is 23.1. The van der Waals surface area contributed by atoms with Crippen molar-refractivity contribution in [1.82, 2.24) is 0 Å². The van der Waals surface area contributed by atoms with Crippen molar-refractivity contribution >= 4 is 89.8 Å². The first-order valence-corrected chi connectivity index (χ1v) is 13.1. The van der Waals surface area contributed by atoms with Gasteiger partial charge in [-0.05, 0) is 86.7 Å². The summed E-state index contributed by atoms with van der Waals surface area (Å²) < 4.78 is 75.9. The van der Waals surface area contributed by atoms with E-state index in [1.54, 1.807) is 0 Å². The molecule has 0 saturated heterocycles. The monoisotopic (exact) mass is 782 g/mol. The summed E-state index contributed by atoms with van der Waals surface area (Å²) in [5, 5.41) is -5.05. The molecule has 0 aromatic heterocycles. The van der Waals surface area contributed by atoms with Crippen molar-refractivity contribution in [3.8, 4) is 5.75 Å². The van der Waals surface area contributed by atoms with Gasteiger partial charge in [0.2, 0.25) is 0 Å². The van der Waals surface area contributed by atoms with E-state index in [0.717, 1.165) is 7.14 Å². The van der Waals surface area contributed by atoms with Gasteiger partial charge in [-0.2, -0.15) is 17.2 Å². The molecular formula is C16H11F2I3O8S. The Kier molecular flexibility index (Phi) is 5.75. The van der Waals surface area contributed by atoms with Crippen molar-refractivity contribution in [1.29, 1.82) is 0 Å². The van der Waals surface area contributed by atoms with E-state index >= 15 is 0 Å². The molecule has 2 saturated carbocycles. The first-order chi connectivity index (χ1) is 13.8. The predicted octanol–water partition coefficient (Wildman–Crippen LogP) is 3.57. The van der Waals surface area contributed by atoms with Crippen LogP contribution in [0.25, 0.3) is 0 Å². The van der Waals surface area contributed by atoms with Gasteiger partial charge >= 0.3 is 27.3 Å². The first-order valence-electron chi connectivity index (χ1n) is 8.42. The number of carbonyl (C=O) groups is 2. The average molecular weight is 782 g/mol. The van der Waals surface area contributed by atoms with Gasteiger partial charge in [-0.3, -0.25) is 4.55 Å². The Bertz CT molecular complexity index is 1080. The smallest absolute Gasteiger partial charge is 0.457 e. The number of halogens is 5. The highest BCUT2D eigenvalue weighted by atomic mass is 127. The van der Waals surface area contributed by atoms with Crippen LogP contribution in [0.5, 0.6) is 5.75 Å². The topological polar surface area (TPSA) is 116 Å². The largest absolute Gasteiger partial charge is 0.465 e. The molecule has 1 N–H and O–H groups in total. The van der Waals surface area contributed by atoms with Crippen LogP contribution in [0.15, 0.2) is 6.07 Å². The minimum Gasteiger partial charge on any atom is -0.457 e. The molecule has 2 fully saturated rings. The Morgan fingerprint density at radius 2 is 1.90 bits per heavy atom. The number of benzene rings is 1. The van der Waals surface area contributed by atoms with E-state index < -0.39 is 51.0 Å². The van der Waals surface area contributed by atoms with Gasteiger partial charge in [-0.15, -0.1) is 0 Å². The minimum atomic E-state index is -5.94. The standard InChI is InChI=1S/C16H11F2I3O8S/c17-16(18,30(24,25)26)14(23)27-9-2-6-1-5(9)4-15(6)28-12-10(13(22)29-15)7(19)3-8(20)11(12)21/h3,5-6,9H,1-2,4H2,(H,24,25,26). The Hall–Kier alpha value is -0.0800. The number of carbonyl (C=O) groups excluding carboxylic acids is 2. The summed E-state index contributed by atoms with van der Waals surface area (Å²) in [6, 6.07) is 1.83. The van der Waals surface area contributed by atoms with Crippen molar-refractivity contribution in [2.45, 2.75) is 36.4 Å². The highest BCUT2D eigenvalue weighted by molar-refractivity contribution is 14.1. The van der Waals surface area contributed by atoms with Gasteiger partial charge in [-0.25, -0.2) is 9.59 Å². The van der Waals surface area contributed by atoms with E-state index in [1.807, 2.05) is 28.7 Å². The molecule has 2 bridgehead atoms. The second-order valence-corrected chi connectivity index (χ2v) is 12.1. The quantitative estimate of drug-likeness (QED) is 0.215. The molecule has 1 spiro atoms. The Labute approximate surface area is 209 Å². The molecule has 30 heavy (non-hydrogen) atoms. The third-order valence-electron chi connectivity index (χ3n) is 5.49. The van der Waals surface area contributed by atoms with Crippen LogP contribution in [0.3, 0.4) is 0 Å². The van der Waals surface area contributed by atoms with Gasteiger partial charge in [0.15, 0.2) is 5.75 Å². The SMILES string of the molecule is O=C1OC2(CC3CC2CC3OC(=O)C(F)(F)S(=O)(=O)O)Oc2c(I)c(I)cc(I)c21. The molecular weight excluding hydrogens is 771 g/mol. The molecule has 1 aromatic carbocycles. The summed E-state index contributed by atoms with van der Waals surface area (Å²) in [6.07, 6.45) is -0.455. The van der Waals surface area contributed by atoms with Crippen molar-refractivity contribution in [3.63, 3.8) is 0 Å². The Morgan fingerprint density at radius 1 is 1.23 bits per heavy atom. The predicted molar refractivity (Wildman–Crippen MR) is 121 cm³/mol. The zero-order chi connectivity index (χ0) is 22.2. The molecule has 8 nitrogen and oxygen atoms in total. The van der Waals surface area contributed by atoms with Gasteiger partial charge in [0.05, 0.1) is 3.57 Å². The molecule has 4 unspecified atom stereocenters. The highest BCUT2D eigenvalue weighted by Crippen LogP contribution is 2.57. The van der Waals surface area contributed by atoms with E-state index in [0.29, 0.717) is 21.3 Å². The van der Waals surface area contributed by atoms with E-state index in [1.165, 1.54) is 0 Å². The molecule has 0 amide bonds. The van der Waals surface area contributed by atoms with Crippen LogP contribution in [0.4, 0.5) is 8.78 Å². The van der Waals surface area contributed by atoms with Crippen LogP contribution < -0.4 is 4.74 Å². The van der Waals surface area contributed by atoms with Crippen molar-refractivity contribution in [3.05, 3.63) is 22.3 Å². The summed E-state index contributed by atoms with van der Waals surface area (Å²) in [4.78, 5) is 24.3. The van der Waals surface area contributed by atoms with Gasteiger partial charge in [0, 0.05) is 25.4 Å². The zero-order valence-electron chi connectivity index (χ0n) is 14.5. The molecule has 1 aliphatic heterocycles. The third-order valence-corrected chi connectivity index (χ3v) is 10.1. The highest BCUT2D eigenvalue weighted by Gasteiger charge is 2.64. The van der Waals surface area contributed by atoms with Crippen LogP contribution in [-0.2, 0) is 24.4 Å². The zero-order valence-corrected chi connectivity index (χ0v) is 21.8. The summed E-state index contributed by atoms with van der Waals surface area (Å²) in [5.41, 5.74) is 0.324. The van der Waals surface area contributed by atoms with Crippen molar-refractivity contribution < 1.29 is 45.6 Å². The number of esters is 2. The van der Waals surface area contributed by atoms with E-state index in [4.69, 9.17) is 18.8 Å². The van der Waals surface area contributed by atoms with Crippen LogP contribution in [0, 0.1) is 22.5 Å². The molecule has 1 aromatic rings. The van der Waals surface area contributed by atoms with Crippen LogP contribution in [-0.4, -0.2) is 42.1 Å². The van der Waals surface area contributed by atoms with Crippen molar-refractivity contribution in [2.75, 3.05) is 0 Å². The molecule has 14 heteroatoms. The lowest BCUT2D eigenvalue weighted by Gasteiger charge is -2.42. The lowest BCUT2D eigenvalue weighted by Crippen LogP contribution is -2.52. The molecule has 164 valence electrons. The summed E-state index contributed by atoms with van der Waals surface area (Å²) in [5.74, 6) is -4.66. The number of ether oxygens (including phenoxy) is 3. The summed E-state index contributed by atoms with van der Waals surface area (Å²) in [7, 11) is -5.94. The fraction of sp³-hybridized carbons (Fsp3) is 0.500. The van der Waals surface area contributed by atoms with Crippen LogP contribution in [0.1, 0.15) is 29.6 Å². The summed E-state index contributed by atoms with van der Waals surface area (Å²) >= 11 is 6.22. The van der Waals surface area contributed by atoms with E-state index in [2.05, 4.69) is 45.2 Å². The van der Waals surface area contributed by atoms with Crippen molar-refractivity contribution in [2.24, 2.45) is 11.8 Å². The maximum Gasteiger partial charge on any atom is 0.465 e. The number of hydrogen-bond donors (Lipinski definition) is 1. The maximum absolute atomic E-state index is 13.5. The minimum absolute atomic E-state index is 0.0537. The molecule has 4 rings (SSSR count).